The molecule has 1 N–H and O–H groups in total. The van der Waals surface area contributed by atoms with Crippen LogP contribution in [0.15, 0.2) is 54.6 Å². The van der Waals surface area contributed by atoms with Crippen LogP contribution >= 0.6 is 11.3 Å². The Morgan fingerprint density at radius 1 is 1.17 bits per heavy atom. The Bertz CT molecular complexity index is 1080. The van der Waals surface area contributed by atoms with Gasteiger partial charge in [-0.2, -0.15) is 0 Å². The van der Waals surface area contributed by atoms with E-state index in [4.69, 9.17) is 4.74 Å². The maximum Gasteiger partial charge on any atom is 0.264 e. The standard InChI is InChI=1S/C23H21FN2O3S/c1-2-26(13-21(27)25-12-15-7-9-17(24)10-8-15)23(28)20-11-16-14-29-19-6-4-3-5-18(19)22(16)30-20/h3-11H,2,12-14H2,1H3,(H,25,27). The lowest BCUT2D eigenvalue weighted by Gasteiger charge is -2.19. The van der Waals surface area contributed by atoms with Crippen LogP contribution in [0.5, 0.6) is 5.75 Å². The van der Waals surface area contributed by atoms with E-state index in [9.17, 15) is 14.0 Å². The quantitative estimate of drug-likeness (QED) is 0.644. The molecule has 5 nitrogen and oxygen atoms in total. The maximum atomic E-state index is 13.0. The average molecular weight is 424 g/mol. The van der Waals surface area contributed by atoms with Crippen molar-refractivity contribution in [2.24, 2.45) is 0 Å². The van der Waals surface area contributed by atoms with E-state index >= 15 is 0 Å². The minimum absolute atomic E-state index is 0.0355. The molecule has 0 atom stereocenters. The zero-order valence-corrected chi connectivity index (χ0v) is 17.3. The number of carbonyl (C=O) groups excluding carboxylic acids is 2. The number of fused-ring (bicyclic) bond motifs is 3. The molecular weight excluding hydrogens is 403 g/mol. The number of thiophene rings is 1. The van der Waals surface area contributed by atoms with Crippen molar-refractivity contribution in [3.63, 3.8) is 0 Å². The van der Waals surface area contributed by atoms with Crippen LogP contribution in [-0.4, -0.2) is 29.8 Å². The number of likely N-dealkylation sites (N-methyl/N-ethyl adjacent to an activating group) is 1. The van der Waals surface area contributed by atoms with Gasteiger partial charge in [0.25, 0.3) is 5.91 Å². The smallest absolute Gasteiger partial charge is 0.264 e. The third-order valence-corrected chi connectivity index (χ3v) is 6.14. The third kappa shape index (κ3) is 4.21. The topological polar surface area (TPSA) is 58.6 Å². The third-order valence-electron chi connectivity index (χ3n) is 4.94. The molecule has 7 heteroatoms. The van der Waals surface area contributed by atoms with Crippen molar-refractivity contribution in [3.8, 4) is 16.2 Å². The number of hydrogen-bond donors (Lipinski definition) is 1. The van der Waals surface area contributed by atoms with Gasteiger partial charge in [0.15, 0.2) is 0 Å². The Morgan fingerprint density at radius 3 is 2.70 bits per heavy atom. The number of nitrogens with zero attached hydrogens (tertiary/aromatic N) is 1. The largest absolute Gasteiger partial charge is 0.488 e. The first kappa shape index (κ1) is 20.1. The van der Waals surface area contributed by atoms with E-state index in [0.29, 0.717) is 18.0 Å². The number of amides is 2. The van der Waals surface area contributed by atoms with Crippen LogP contribution in [0.4, 0.5) is 4.39 Å². The van der Waals surface area contributed by atoms with Gasteiger partial charge in [-0.15, -0.1) is 11.3 Å². The van der Waals surface area contributed by atoms with Crippen LogP contribution in [-0.2, 0) is 17.9 Å². The zero-order chi connectivity index (χ0) is 21.1. The van der Waals surface area contributed by atoms with Gasteiger partial charge in [0.05, 0.1) is 11.4 Å². The Kier molecular flexibility index (Phi) is 5.81. The molecule has 0 bridgehead atoms. The number of carbonyl (C=O) groups is 2. The SMILES string of the molecule is CCN(CC(=O)NCc1ccc(F)cc1)C(=O)c1cc2c(s1)-c1ccccc1OC2. The molecule has 0 saturated heterocycles. The van der Waals surface area contributed by atoms with Crippen LogP contribution in [0.25, 0.3) is 10.4 Å². The van der Waals surface area contributed by atoms with Crippen LogP contribution < -0.4 is 10.1 Å². The molecule has 2 aromatic carbocycles. The Hall–Kier alpha value is -3.19. The molecule has 1 aliphatic rings. The molecule has 3 aromatic rings. The molecular formula is C23H21FN2O3S. The van der Waals surface area contributed by atoms with Gasteiger partial charge in [0.2, 0.25) is 5.91 Å². The number of rotatable bonds is 6. The van der Waals surface area contributed by atoms with Crippen LogP contribution in [0.2, 0.25) is 0 Å². The lowest BCUT2D eigenvalue weighted by Crippen LogP contribution is -2.40. The molecule has 154 valence electrons. The molecule has 1 aromatic heterocycles. The summed E-state index contributed by atoms with van der Waals surface area (Å²) >= 11 is 1.43. The summed E-state index contributed by atoms with van der Waals surface area (Å²) in [5.74, 6) is 0.0636. The Labute approximate surface area is 178 Å². The van der Waals surface area contributed by atoms with E-state index < -0.39 is 0 Å². The van der Waals surface area contributed by atoms with Gasteiger partial charge in [-0.1, -0.05) is 24.3 Å². The van der Waals surface area contributed by atoms with Crippen molar-refractivity contribution < 1.29 is 18.7 Å². The fourth-order valence-electron chi connectivity index (χ4n) is 3.32. The predicted octanol–water partition coefficient (Wildman–Crippen LogP) is 4.23. The normalized spacial score (nSPS) is 11.8. The molecule has 30 heavy (non-hydrogen) atoms. The molecule has 0 fully saturated rings. The van der Waals surface area contributed by atoms with Gasteiger partial charge in [-0.3, -0.25) is 9.59 Å². The minimum atomic E-state index is -0.320. The number of benzene rings is 2. The number of nitrogens with one attached hydrogen (secondary N) is 1. The Balaban J connectivity index is 1.43. The minimum Gasteiger partial charge on any atom is -0.488 e. The molecule has 4 rings (SSSR count). The number of hydrogen-bond acceptors (Lipinski definition) is 4. The molecule has 0 unspecified atom stereocenters. The first-order valence-electron chi connectivity index (χ1n) is 9.70. The van der Waals surface area contributed by atoms with Gasteiger partial charge in [0, 0.05) is 29.1 Å². The molecule has 0 spiro atoms. The van der Waals surface area contributed by atoms with Gasteiger partial charge in [-0.25, -0.2) is 4.39 Å². The second kappa shape index (κ2) is 8.67. The highest BCUT2D eigenvalue weighted by Gasteiger charge is 2.25. The number of halogens is 1. The lowest BCUT2D eigenvalue weighted by atomic mass is 10.1. The molecule has 2 heterocycles. The molecule has 0 radical (unpaired) electrons. The maximum absolute atomic E-state index is 13.0. The van der Waals surface area contributed by atoms with Crippen molar-refractivity contribution in [3.05, 3.63) is 76.4 Å². The van der Waals surface area contributed by atoms with E-state index in [0.717, 1.165) is 27.3 Å². The van der Waals surface area contributed by atoms with Gasteiger partial charge < -0.3 is 15.0 Å². The summed E-state index contributed by atoms with van der Waals surface area (Å²) in [6.07, 6.45) is 0. The fourth-order valence-corrected chi connectivity index (χ4v) is 4.49. The van der Waals surface area contributed by atoms with Crippen molar-refractivity contribution >= 4 is 23.2 Å². The average Bonchev–Trinajstić information content (AvgIpc) is 3.21. The highest BCUT2D eigenvalue weighted by molar-refractivity contribution is 7.17. The summed E-state index contributed by atoms with van der Waals surface area (Å²) in [6.45, 7) is 2.94. The highest BCUT2D eigenvalue weighted by atomic mass is 32.1. The highest BCUT2D eigenvalue weighted by Crippen LogP contribution is 2.42. The number of para-hydroxylation sites is 1. The second-order valence-electron chi connectivity index (χ2n) is 6.97. The van der Waals surface area contributed by atoms with E-state index in [1.165, 1.54) is 28.4 Å². The van der Waals surface area contributed by atoms with Gasteiger partial charge in [-0.05, 0) is 42.8 Å². The summed E-state index contributed by atoms with van der Waals surface area (Å²) in [4.78, 5) is 28.5. The molecule has 2 amide bonds. The van der Waals surface area contributed by atoms with Crippen molar-refractivity contribution in [2.75, 3.05) is 13.1 Å². The van der Waals surface area contributed by atoms with Crippen molar-refractivity contribution in [1.29, 1.82) is 0 Å². The Morgan fingerprint density at radius 2 is 1.93 bits per heavy atom. The van der Waals surface area contributed by atoms with E-state index in [1.807, 2.05) is 37.3 Å². The summed E-state index contributed by atoms with van der Waals surface area (Å²) < 4.78 is 18.8. The van der Waals surface area contributed by atoms with Gasteiger partial charge >= 0.3 is 0 Å². The molecule has 0 aliphatic carbocycles. The first-order valence-corrected chi connectivity index (χ1v) is 10.5. The van der Waals surface area contributed by atoms with Crippen molar-refractivity contribution in [1.82, 2.24) is 10.2 Å². The fraction of sp³-hybridized carbons (Fsp3) is 0.217. The number of ether oxygens (including phenoxy) is 1. The molecule has 0 saturated carbocycles. The summed E-state index contributed by atoms with van der Waals surface area (Å²) in [6, 6.07) is 15.6. The second-order valence-corrected chi connectivity index (χ2v) is 8.02. The zero-order valence-electron chi connectivity index (χ0n) is 16.5. The predicted molar refractivity (Wildman–Crippen MR) is 114 cm³/mol. The van der Waals surface area contributed by atoms with Crippen LogP contribution in [0.3, 0.4) is 0 Å². The summed E-state index contributed by atoms with van der Waals surface area (Å²) in [5, 5.41) is 2.78. The van der Waals surface area contributed by atoms with Crippen molar-refractivity contribution in [2.45, 2.75) is 20.1 Å². The van der Waals surface area contributed by atoms with E-state index in [-0.39, 0.29) is 30.7 Å². The van der Waals surface area contributed by atoms with Gasteiger partial charge in [0.1, 0.15) is 18.2 Å². The summed E-state index contributed by atoms with van der Waals surface area (Å²) in [5.41, 5.74) is 2.77. The monoisotopic (exact) mass is 424 g/mol. The first-order chi connectivity index (χ1) is 14.5. The van der Waals surface area contributed by atoms with E-state index in [2.05, 4.69) is 5.32 Å². The lowest BCUT2D eigenvalue weighted by molar-refractivity contribution is -0.121. The molecule has 1 aliphatic heterocycles. The van der Waals surface area contributed by atoms with E-state index in [1.54, 1.807) is 12.1 Å². The summed E-state index contributed by atoms with van der Waals surface area (Å²) in [7, 11) is 0. The van der Waals surface area contributed by atoms with Crippen LogP contribution in [0.1, 0.15) is 27.7 Å². The van der Waals surface area contributed by atoms with Crippen LogP contribution in [0, 0.1) is 5.82 Å².